The predicted molar refractivity (Wildman–Crippen MR) is 139 cm³/mol. The third-order valence-electron chi connectivity index (χ3n) is 7.24. The van der Waals surface area contributed by atoms with Gasteiger partial charge in [0.2, 0.25) is 0 Å². The number of piperidine rings is 1. The second-order valence-electron chi connectivity index (χ2n) is 9.72. The molecule has 3 aromatic carbocycles. The van der Waals surface area contributed by atoms with Gasteiger partial charge in [-0.3, -0.25) is 14.3 Å². The average molecular weight is 518 g/mol. The molecule has 1 saturated heterocycles. The Bertz CT molecular complexity index is 1720. The van der Waals surface area contributed by atoms with Gasteiger partial charge in [-0.1, -0.05) is 36.4 Å². The number of nitrogens with one attached hydrogen (secondary N) is 1. The van der Waals surface area contributed by atoms with Crippen LogP contribution in [0, 0.1) is 11.7 Å². The van der Waals surface area contributed by atoms with E-state index in [0.717, 1.165) is 35.0 Å². The van der Waals surface area contributed by atoms with E-state index in [0.29, 0.717) is 25.2 Å². The first-order valence-electron chi connectivity index (χ1n) is 12.1. The lowest BCUT2D eigenvalue weighted by Crippen LogP contribution is -2.49. The van der Waals surface area contributed by atoms with E-state index in [4.69, 9.17) is 0 Å². The van der Waals surface area contributed by atoms with Crippen LogP contribution in [-0.4, -0.2) is 36.9 Å². The Labute approximate surface area is 213 Å². The smallest absolute Gasteiger partial charge is 0.275 e. The molecule has 4 aromatic rings. The summed E-state index contributed by atoms with van der Waals surface area (Å²) in [7, 11) is -4.13. The van der Waals surface area contributed by atoms with E-state index in [2.05, 4.69) is 4.72 Å². The zero-order valence-electron chi connectivity index (χ0n) is 19.8. The van der Waals surface area contributed by atoms with E-state index in [9.17, 15) is 22.4 Å². The normalized spacial score (nSPS) is 18.9. The van der Waals surface area contributed by atoms with Crippen LogP contribution in [0.2, 0.25) is 0 Å². The first-order chi connectivity index (χ1) is 17.8. The second kappa shape index (κ2) is 8.85. The van der Waals surface area contributed by atoms with Crippen LogP contribution in [0.1, 0.15) is 28.4 Å². The Morgan fingerprint density at radius 2 is 1.70 bits per heavy atom. The van der Waals surface area contributed by atoms with Gasteiger partial charge in [-0.05, 0) is 65.6 Å². The topological polar surface area (TPSA) is 88.5 Å². The maximum atomic E-state index is 13.6. The number of amides is 1. The number of halogens is 1. The molecule has 0 aliphatic carbocycles. The lowest BCUT2D eigenvalue weighted by molar-refractivity contribution is 0.0595. The van der Waals surface area contributed by atoms with Gasteiger partial charge in [-0.15, -0.1) is 0 Å². The molecule has 2 aliphatic rings. The number of fused-ring (bicyclic) bond motifs is 5. The first-order valence-corrected chi connectivity index (χ1v) is 13.6. The summed E-state index contributed by atoms with van der Waals surface area (Å²) >= 11 is 0. The zero-order valence-corrected chi connectivity index (χ0v) is 20.6. The zero-order chi connectivity index (χ0) is 25.7. The Kier molecular flexibility index (Phi) is 5.60. The van der Waals surface area contributed by atoms with Gasteiger partial charge in [0.1, 0.15) is 11.5 Å². The molecule has 2 aliphatic heterocycles. The largest absolute Gasteiger partial charge is 0.338 e. The van der Waals surface area contributed by atoms with Crippen molar-refractivity contribution in [2.24, 2.45) is 5.92 Å². The molecular formula is C28H24FN3O4S. The van der Waals surface area contributed by atoms with Gasteiger partial charge in [0, 0.05) is 36.8 Å². The van der Waals surface area contributed by atoms with Crippen LogP contribution < -0.4 is 10.3 Å². The summed E-state index contributed by atoms with van der Waals surface area (Å²) in [5, 5.41) is 2.09. The highest BCUT2D eigenvalue weighted by atomic mass is 32.2. The van der Waals surface area contributed by atoms with Crippen molar-refractivity contribution < 1.29 is 17.6 Å². The van der Waals surface area contributed by atoms with E-state index < -0.39 is 21.4 Å². The Hall–Kier alpha value is -3.98. The van der Waals surface area contributed by atoms with Gasteiger partial charge < -0.3 is 9.47 Å². The summed E-state index contributed by atoms with van der Waals surface area (Å²) in [5.41, 5.74) is 0.891. The summed E-state index contributed by atoms with van der Waals surface area (Å²) in [6, 6.07) is 21.5. The molecule has 0 unspecified atom stereocenters. The molecular weight excluding hydrogens is 493 g/mol. The Balaban J connectivity index is 1.26. The maximum absolute atomic E-state index is 13.6. The van der Waals surface area contributed by atoms with Crippen LogP contribution in [0.4, 0.5) is 10.1 Å². The van der Waals surface area contributed by atoms with Gasteiger partial charge in [0.05, 0.1) is 4.90 Å². The summed E-state index contributed by atoms with van der Waals surface area (Å²) < 4.78 is 42.9. The predicted octanol–water partition coefficient (Wildman–Crippen LogP) is 4.20. The summed E-state index contributed by atoms with van der Waals surface area (Å²) in [4.78, 5) is 28.2. The molecule has 9 heteroatoms. The lowest BCUT2D eigenvalue weighted by Gasteiger charge is -2.43. The number of sulfonamides is 1. The molecule has 1 N–H and O–H groups in total. The minimum atomic E-state index is -4.13. The van der Waals surface area contributed by atoms with Crippen molar-refractivity contribution in [3.8, 4) is 0 Å². The van der Waals surface area contributed by atoms with Crippen molar-refractivity contribution in [2.75, 3.05) is 17.8 Å². The van der Waals surface area contributed by atoms with E-state index in [1.807, 2.05) is 47.4 Å². The van der Waals surface area contributed by atoms with Gasteiger partial charge in [-0.25, -0.2) is 12.8 Å². The van der Waals surface area contributed by atoms with Crippen molar-refractivity contribution in [2.45, 2.75) is 23.8 Å². The molecule has 1 fully saturated rings. The fourth-order valence-electron chi connectivity index (χ4n) is 5.53. The number of nitrogens with zero attached hydrogens (tertiary/aromatic N) is 2. The molecule has 37 heavy (non-hydrogen) atoms. The van der Waals surface area contributed by atoms with Crippen LogP contribution >= 0.6 is 0 Å². The van der Waals surface area contributed by atoms with E-state index in [1.165, 1.54) is 18.2 Å². The minimum absolute atomic E-state index is 0.0292. The molecule has 188 valence electrons. The Morgan fingerprint density at radius 1 is 0.892 bits per heavy atom. The molecule has 1 amide bonds. The standard InChI is InChI=1S/C28H24FN3O4S/c29-23-6-3-7-24(14-23)37(35,36)30-25-10-11-26-22-12-18(16-32(26)28(25)34)15-31(17-22)27(33)21-9-8-19-4-1-2-5-20(19)13-21/h1-11,13-14,18,22,30H,12,15-17H2/t18-,22-/m1/s1. The number of carbonyl (C=O) groups is 1. The molecule has 2 atom stereocenters. The first kappa shape index (κ1) is 23.4. The number of pyridine rings is 1. The van der Waals surface area contributed by atoms with Gasteiger partial charge in [0.15, 0.2) is 0 Å². The molecule has 0 saturated carbocycles. The van der Waals surface area contributed by atoms with Gasteiger partial charge in [0.25, 0.3) is 21.5 Å². The third-order valence-corrected chi connectivity index (χ3v) is 8.60. The quantitative estimate of drug-likeness (QED) is 0.440. The van der Waals surface area contributed by atoms with Crippen molar-refractivity contribution in [1.29, 1.82) is 0 Å². The number of carbonyl (C=O) groups excluding carboxylic acids is 1. The van der Waals surface area contributed by atoms with Crippen molar-refractivity contribution >= 4 is 32.4 Å². The number of anilines is 1. The van der Waals surface area contributed by atoms with Crippen molar-refractivity contribution in [3.63, 3.8) is 0 Å². The van der Waals surface area contributed by atoms with Crippen molar-refractivity contribution in [3.05, 3.63) is 106 Å². The monoisotopic (exact) mass is 517 g/mol. The summed E-state index contributed by atoms with van der Waals surface area (Å²) in [6.45, 7) is 1.39. The van der Waals surface area contributed by atoms with Gasteiger partial charge >= 0.3 is 0 Å². The van der Waals surface area contributed by atoms with Crippen LogP contribution in [0.3, 0.4) is 0 Å². The number of hydrogen-bond donors (Lipinski definition) is 1. The number of likely N-dealkylation sites (tertiary alicyclic amines) is 1. The van der Waals surface area contributed by atoms with Crippen LogP contribution in [0.5, 0.6) is 0 Å². The molecule has 0 spiro atoms. The second-order valence-corrected chi connectivity index (χ2v) is 11.4. The lowest BCUT2D eigenvalue weighted by atomic mass is 9.83. The molecule has 2 bridgehead atoms. The Morgan fingerprint density at radius 3 is 2.51 bits per heavy atom. The van der Waals surface area contributed by atoms with E-state index in [1.54, 1.807) is 10.6 Å². The SMILES string of the molecule is O=C(c1ccc2ccccc2c1)N1C[C@H]2C[C@H](C1)c1ccc(NS(=O)(=O)c3cccc(F)c3)c(=O)n1C2. The molecule has 7 nitrogen and oxygen atoms in total. The van der Waals surface area contributed by atoms with E-state index in [-0.39, 0.29) is 28.3 Å². The molecule has 1 aromatic heterocycles. The van der Waals surface area contributed by atoms with Crippen molar-refractivity contribution in [1.82, 2.24) is 9.47 Å². The highest BCUT2D eigenvalue weighted by Crippen LogP contribution is 2.36. The number of benzene rings is 3. The van der Waals surface area contributed by atoms with Crippen LogP contribution in [0.15, 0.2) is 88.6 Å². The molecule has 0 radical (unpaired) electrons. The number of aromatic nitrogens is 1. The van der Waals surface area contributed by atoms with Crippen LogP contribution in [-0.2, 0) is 16.6 Å². The third kappa shape index (κ3) is 4.29. The van der Waals surface area contributed by atoms with Crippen LogP contribution in [0.25, 0.3) is 10.8 Å². The summed E-state index contributed by atoms with van der Waals surface area (Å²) in [6.07, 6.45) is 0.856. The highest BCUT2D eigenvalue weighted by Gasteiger charge is 2.37. The maximum Gasteiger partial charge on any atom is 0.275 e. The van der Waals surface area contributed by atoms with Gasteiger partial charge in [-0.2, -0.15) is 0 Å². The summed E-state index contributed by atoms with van der Waals surface area (Å²) in [5.74, 6) is -0.668. The number of rotatable bonds is 4. The molecule has 3 heterocycles. The van der Waals surface area contributed by atoms with E-state index >= 15 is 0 Å². The molecule has 6 rings (SSSR count). The fraction of sp³-hybridized carbons (Fsp3) is 0.214. The minimum Gasteiger partial charge on any atom is -0.338 e. The number of hydrogen-bond acceptors (Lipinski definition) is 4. The fourth-order valence-corrected chi connectivity index (χ4v) is 6.62. The highest BCUT2D eigenvalue weighted by molar-refractivity contribution is 7.92. The average Bonchev–Trinajstić information content (AvgIpc) is 2.89.